The molecule has 1 saturated carbocycles. The fraction of sp³-hybridized carbons (Fsp3) is 0.486. The van der Waals surface area contributed by atoms with E-state index in [0.29, 0.717) is 24.2 Å². The molecule has 42 heavy (non-hydrogen) atoms. The molecule has 0 bridgehead atoms. The molecule has 2 aromatic carbocycles. The van der Waals surface area contributed by atoms with E-state index in [1.807, 2.05) is 37.3 Å². The average molecular weight is 574 g/mol. The second-order valence-corrected chi connectivity index (χ2v) is 11.8. The molecule has 0 saturated heterocycles. The lowest BCUT2D eigenvalue weighted by Gasteiger charge is -2.51. The Labute approximate surface area is 249 Å². The number of fused-ring (bicyclic) bond motifs is 5. The van der Waals surface area contributed by atoms with Crippen LogP contribution in [0.3, 0.4) is 0 Å². The van der Waals surface area contributed by atoms with E-state index in [9.17, 15) is 9.59 Å². The molecule has 0 amide bonds. The normalized spacial score (nSPS) is 24.2. The Kier molecular flexibility index (Phi) is 9.07. The minimum absolute atomic E-state index is 0.0137. The third kappa shape index (κ3) is 5.59. The van der Waals surface area contributed by atoms with Crippen molar-refractivity contribution >= 4 is 17.4 Å². The van der Waals surface area contributed by atoms with Crippen molar-refractivity contribution in [3.05, 3.63) is 76.4 Å². The second-order valence-electron chi connectivity index (χ2n) is 11.8. The number of esters is 1. The molecule has 0 unspecified atom stereocenters. The number of rotatable bonds is 11. The number of allylic oxidation sites excluding steroid dienone is 3. The Morgan fingerprint density at radius 1 is 1.07 bits per heavy atom. The third-order valence-electron chi connectivity index (χ3n) is 9.09. The molecule has 1 fully saturated rings. The zero-order valence-electron chi connectivity index (χ0n) is 25.5. The zero-order chi connectivity index (χ0) is 29.9. The van der Waals surface area contributed by atoms with Gasteiger partial charge in [-0.25, -0.2) is 4.79 Å². The summed E-state index contributed by atoms with van der Waals surface area (Å²) in [5.74, 6) is 0.733. The molecule has 1 aliphatic heterocycles. The summed E-state index contributed by atoms with van der Waals surface area (Å²) in [4.78, 5) is 27.5. The molecule has 0 aromatic heterocycles. The van der Waals surface area contributed by atoms with E-state index in [4.69, 9.17) is 18.9 Å². The van der Waals surface area contributed by atoms with E-state index in [0.717, 1.165) is 54.0 Å². The number of carbonyl (C=O) groups excluding carboxylic acids is 2. The van der Waals surface area contributed by atoms with E-state index in [1.165, 1.54) is 5.57 Å². The van der Waals surface area contributed by atoms with Gasteiger partial charge in [-0.2, -0.15) is 0 Å². The predicted octanol–water partition coefficient (Wildman–Crippen LogP) is 6.77. The highest BCUT2D eigenvalue weighted by Crippen LogP contribution is 2.61. The van der Waals surface area contributed by atoms with Gasteiger partial charge in [-0.05, 0) is 93.8 Å². The van der Waals surface area contributed by atoms with Crippen LogP contribution in [0.25, 0.3) is 0 Å². The van der Waals surface area contributed by atoms with E-state index in [2.05, 4.69) is 37.4 Å². The molecule has 224 valence electrons. The van der Waals surface area contributed by atoms with Crippen molar-refractivity contribution in [1.29, 1.82) is 0 Å². The first-order chi connectivity index (χ1) is 20.3. The Bertz CT molecular complexity index is 1370. The number of hydrogen-bond donors (Lipinski definition) is 1. The van der Waals surface area contributed by atoms with E-state index in [1.54, 1.807) is 14.2 Å². The van der Waals surface area contributed by atoms with Gasteiger partial charge in [0.25, 0.3) is 0 Å². The molecular weight excluding hydrogens is 530 g/mol. The van der Waals surface area contributed by atoms with Crippen LogP contribution in [0, 0.1) is 11.8 Å². The Hall–Kier alpha value is -3.58. The van der Waals surface area contributed by atoms with Gasteiger partial charge in [-0.1, -0.05) is 23.8 Å². The van der Waals surface area contributed by atoms with Crippen LogP contribution >= 0.6 is 0 Å². The molecular formula is C35H43NO6. The maximum atomic E-state index is 13.8. The molecule has 7 nitrogen and oxygen atoms in total. The number of ether oxygens (including phenoxy) is 4. The number of Topliss-reactive ketones (excluding diaryl/α,β-unsaturated/α-hetero) is 1. The molecule has 0 spiro atoms. The average Bonchev–Trinajstić information content (AvgIpc) is 3.32. The highest BCUT2D eigenvalue weighted by Gasteiger charge is 2.61. The standard InChI is InChI=1S/C35H43NO6/c1-6-42-34(38)32-28(21-41-20-23-12-14-24(39-4)15-13-23)35(18-8-9-22(2)3)33(26-10-7-11-30(37)31(26)32)27-19-25(40-5)16-17-29(27)36-35/h9,12-17,19,26,28,33,36H,6-8,10-11,18,20-21H2,1-5H3/t26-,28+,33-,35-/m0/s1. The van der Waals surface area contributed by atoms with Gasteiger partial charge in [0.05, 0.1) is 45.2 Å². The summed E-state index contributed by atoms with van der Waals surface area (Å²) in [7, 11) is 3.32. The molecule has 1 heterocycles. The summed E-state index contributed by atoms with van der Waals surface area (Å²) in [6, 6.07) is 13.9. The maximum absolute atomic E-state index is 13.8. The van der Waals surface area contributed by atoms with Crippen LogP contribution < -0.4 is 14.8 Å². The number of carbonyl (C=O) groups is 2. The highest BCUT2D eigenvalue weighted by molar-refractivity contribution is 6.06. The molecule has 1 N–H and O–H groups in total. The monoisotopic (exact) mass is 573 g/mol. The van der Waals surface area contributed by atoms with Gasteiger partial charge >= 0.3 is 5.97 Å². The van der Waals surface area contributed by atoms with Crippen molar-refractivity contribution in [2.75, 3.05) is 32.8 Å². The zero-order valence-corrected chi connectivity index (χ0v) is 25.5. The number of methoxy groups -OCH3 is 2. The molecule has 2 aliphatic carbocycles. The van der Waals surface area contributed by atoms with Crippen molar-refractivity contribution < 1.29 is 28.5 Å². The van der Waals surface area contributed by atoms with Gasteiger partial charge in [0.1, 0.15) is 11.5 Å². The van der Waals surface area contributed by atoms with Crippen LogP contribution in [-0.4, -0.2) is 44.7 Å². The summed E-state index contributed by atoms with van der Waals surface area (Å²) in [6.45, 7) is 6.91. The third-order valence-corrected chi connectivity index (χ3v) is 9.09. The summed E-state index contributed by atoms with van der Waals surface area (Å²) in [5.41, 5.74) is 5.03. The summed E-state index contributed by atoms with van der Waals surface area (Å²) in [5, 5.41) is 3.93. The highest BCUT2D eigenvalue weighted by atomic mass is 16.5. The Morgan fingerprint density at radius 2 is 1.81 bits per heavy atom. The van der Waals surface area contributed by atoms with Crippen LogP contribution in [0.5, 0.6) is 11.5 Å². The lowest BCUT2D eigenvalue weighted by atomic mass is 9.54. The van der Waals surface area contributed by atoms with Crippen LogP contribution in [0.4, 0.5) is 5.69 Å². The van der Waals surface area contributed by atoms with E-state index >= 15 is 0 Å². The van der Waals surface area contributed by atoms with E-state index in [-0.39, 0.29) is 30.8 Å². The predicted molar refractivity (Wildman–Crippen MR) is 163 cm³/mol. The lowest BCUT2D eigenvalue weighted by molar-refractivity contribution is -0.141. The smallest absolute Gasteiger partial charge is 0.334 e. The maximum Gasteiger partial charge on any atom is 0.334 e. The molecule has 2 aromatic rings. The molecule has 7 heteroatoms. The Balaban J connectivity index is 1.63. The SMILES string of the molecule is CCOC(=O)C1=C2C(=O)CCC[C@@H]2[C@H]2c3cc(OC)ccc3N[C@@]2(CCC=C(C)C)[C@@H]1COCc1ccc(OC)cc1. The van der Waals surface area contributed by atoms with Gasteiger partial charge in [-0.15, -0.1) is 0 Å². The number of hydrogen-bond acceptors (Lipinski definition) is 7. The van der Waals surface area contributed by atoms with Gasteiger partial charge in [0, 0.05) is 29.5 Å². The van der Waals surface area contributed by atoms with Crippen molar-refractivity contribution in [2.45, 2.75) is 70.9 Å². The van der Waals surface area contributed by atoms with Crippen LogP contribution in [0.1, 0.15) is 69.9 Å². The first-order valence-corrected chi connectivity index (χ1v) is 15.1. The minimum Gasteiger partial charge on any atom is -0.497 e. The first-order valence-electron chi connectivity index (χ1n) is 15.1. The summed E-state index contributed by atoms with van der Waals surface area (Å²) in [6.07, 6.45) is 5.96. The minimum atomic E-state index is -0.547. The van der Waals surface area contributed by atoms with Crippen LogP contribution in [-0.2, 0) is 25.7 Å². The van der Waals surface area contributed by atoms with Crippen molar-refractivity contribution in [3.8, 4) is 11.5 Å². The first kappa shape index (κ1) is 29.9. The molecule has 4 atom stereocenters. The lowest BCUT2D eigenvalue weighted by Crippen LogP contribution is -2.57. The second kappa shape index (κ2) is 12.7. The van der Waals surface area contributed by atoms with Gasteiger partial charge in [0.15, 0.2) is 5.78 Å². The van der Waals surface area contributed by atoms with Gasteiger partial charge in [-0.3, -0.25) is 4.79 Å². The van der Waals surface area contributed by atoms with Gasteiger partial charge in [0.2, 0.25) is 0 Å². The van der Waals surface area contributed by atoms with Crippen LogP contribution in [0.15, 0.2) is 65.3 Å². The van der Waals surface area contributed by atoms with Gasteiger partial charge < -0.3 is 24.3 Å². The number of nitrogens with one attached hydrogen (secondary N) is 1. The van der Waals surface area contributed by atoms with Crippen molar-refractivity contribution in [3.63, 3.8) is 0 Å². The van der Waals surface area contributed by atoms with Crippen molar-refractivity contribution in [2.24, 2.45) is 11.8 Å². The summed E-state index contributed by atoms with van der Waals surface area (Å²) < 4.78 is 23.1. The molecule has 3 aliphatic rings. The largest absolute Gasteiger partial charge is 0.497 e. The topological polar surface area (TPSA) is 83.1 Å². The Morgan fingerprint density at radius 3 is 2.50 bits per heavy atom. The van der Waals surface area contributed by atoms with Crippen LogP contribution in [0.2, 0.25) is 0 Å². The number of benzene rings is 2. The summed E-state index contributed by atoms with van der Waals surface area (Å²) >= 11 is 0. The van der Waals surface area contributed by atoms with E-state index < -0.39 is 17.4 Å². The quantitative estimate of drug-likeness (QED) is 0.235. The number of anilines is 1. The van der Waals surface area contributed by atoms with Crippen molar-refractivity contribution in [1.82, 2.24) is 0 Å². The molecule has 5 rings (SSSR count). The molecule has 0 radical (unpaired) electrons. The number of ketones is 1. The fourth-order valence-electron chi connectivity index (χ4n) is 7.32. The fourth-order valence-corrected chi connectivity index (χ4v) is 7.32.